The summed E-state index contributed by atoms with van der Waals surface area (Å²) in [5, 5.41) is 0. The summed E-state index contributed by atoms with van der Waals surface area (Å²) in [6.45, 7) is 7.14. The number of anilines is 1. The topological polar surface area (TPSA) is 75.4 Å². The summed E-state index contributed by atoms with van der Waals surface area (Å²) in [4.78, 5) is 2.35. The molecule has 1 aromatic carbocycles. The molecule has 0 amide bonds. The lowest BCUT2D eigenvalue weighted by atomic mass is 10.2. The second-order valence-corrected chi connectivity index (χ2v) is 6.92. The quantitative estimate of drug-likeness (QED) is 0.750. The average Bonchev–Trinajstić information content (AvgIpc) is 2.40. The van der Waals surface area contributed by atoms with Crippen molar-refractivity contribution in [2.24, 2.45) is 0 Å². The van der Waals surface area contributed by atoms with Gasteiger partial charge in [-0.2, -0.15) is 0 Å². The molecule has 0 aliphatic heterocycles. The Morgan fingerprint density at radius 2 is 2.05 bits per heavy atom. The number of benzene rings is 1. The van der Waals surface area contributed by atoms with Crippen LogP contribution in [0.2, 0.25) is 0 Å². The molecule has 0 aliphatic carbocycles. The third-order valence-corrected chi connectivity index (χ3v) is 5.12. The molecule has 1 rings (SSSR count). The molecule has 0 bridgehead atoms. The molecule has 0 spiro atoms. The van der Waals surface area contributed by atoms with Crippen molar-refractivity contribution in [2.45, 2.75) is 38.1 Å². The number of rotatable bonds is 7. The second kappa shape index (κ2) is 7.06. The van der Waals surface area contributed by atoms with E-state index in [4.69, 9.17) is 5.73 Å². The minimum atomic E-state index is -3.48. The van der Waals surface area contributed by atoms with Crippen LogP contribution in [0, 0.1) is 6.92 Å². The molecule has 1 unspecified atom stereocenters. The first-order chi connectivity index (χ1) is 9.27. The SMILES string of the molecule is CCC(C)N(C)CCNS(=O)(=O)c1ccc(C)c(N)c1. The predicted octanol–water partition coefficient (Wildman–Crippen LogP) is 1.59. The van der Waals surface area contributed by atoms with E-state index < -0.39 is 10.0 Å². The third-order valence-electron chi connectivity index (χ3n) is 3.66. The van der Waals surface area contributed by atoms with Gasteiger partial charge in [0.2, 0.25) is 10.0 Å². The van der Waals surface area contributed by atoms with Crippen LogP contribution in [-0.4, -0.2) is 39.5 Å². The number of hydrogen-bond donors (Lipinski definition) is 2. The largest absolute Gasteiger partial charge is 0.398 e. The molecule has 20 heavy (non-hydrogen) atoms. The maximum absolute atomic E-state index is 12.1. The first-order valence-electron chi connectivity index (χ1n) is 6.84. The first kappa shape index (κ1) is 16.9. The Bertz CT molecular complexity index is 543. The maximum atomic E-state index is 12.1. The summed E-state index contributed by atoms with van der Waals surface area (Å²) in [5.74, 6) is 0. The average molecular weight is 299 g/mol. The first-order valence-corrected chi connectivity index (χ1v) is 8.32. The number of nitrogens with one attached hydrogen (secondary N) is 1. The van der Waals surface area contributed by atoms with E-state index >= 15 is 0 Å². The number of hydrogen-bond acceptors (Lipinski definition) is 4. The molecular formula is C14H25N3O2S. The molecule has 1 atom stereocenters. The molecule has 1 aromatic rings. The summed E-state index contributed by atoms with van der Waals surface area (Å²) in [5.41, 5.74) is 7.12. The Hall–Kier alpha value is -1.11. The van der Waals surface area contributed by atoms with Gasteiger partial charge in [-0.15, -0.1) is 0 Å². The predicted molar refractivity (Wildman–Crippen MR) is 83.2 cm³/mol. The van der Waals surface area contributed by atoms with Crippen molar-refractivity contribution < 1.29 is 8.42 Å². The molecular weight excluding hydrogens is 274 g/mol. The summed E-state index contributed by atoms with van der Waals surface area (Å²) in [6, 6.07) is 5.23. The Morgan fingerprint density at radius 1 is 1.40 bits per heavy atom. The van der Waals surface area contributed by atoms with Crippen molar-refractivity contribution in [2.75, 3.05) is 25.9 Å². The molecule has 0 heterocycles. The highest BCUT2D eigenvalue weighted by molar-refractivity contribution is 7.89. The van der Waals surface area contributed by atoms with Gasteiger partial charge in [-0.05, 0) is 45.0 Å². The number of nitrogens with zero attached hydrogens (tertiary/aromatic N) is 1. The molecule has 114 valence electrons. The van der Waals surface area contributed by atoms with Gasteiger partial charge in [0.1, 0.15) is 0 Å². The fraction of sp³-hybridized carbons (Fsp3) is 0.571. The van der Waals surface area contributed by atoms with Gasteiger partial charge in [0.05, 0.1) is 4.90 Å². The Balaban J connectivity index is 2.64. The van der Waals surface area contributed by atoms with E-state index in [0.717, 1.165) is 12.0 Å². The van der Waals surface area contributed by atoms with Crippen molar-refractivity contribution in [3.63, 3.8) is 0 Å². The van der Waals surface area contributed by atoms with Crippen molar-refractivity contribution >= 4 is 15.7 Å². The molecule has 0 saturated carbocycles. The number of sulfonamides is 1. The van der Waals surface area contributed by atoms with Crippen molar-refractivity contribution in [1.29, 1.82) is 0 Å². The smallest absolute Gasteiger partial charge is 0.240 e. The standard InChI is InChI=1S/C14H25N3O2S/c1-5-12(3)17(4)9-8-16-20(18,19)13-7-6-11(2)14(15)10-13/h6-7,10,12,16H,5,8-9,15H2,1-4H3. The Labute approximate surface area is 122 Å². The van der Waals surface area contributed by atoms with E-state index in [1.807, 2.05) is 14.0 Å². The number of nitrogen functional groups attached to an aromatic ring is 1. The molecule has 0 radical (unpaired) electrons. The van der Waals surface area contributed by atoms with Crippen molar-refractivity contribution in [1.82, 2.24) is 9.62 Å². The summed E-state index contributed by atoms with van der Waals surface area (Å²) in [7, 11) is -1.49. The van der Waals surface area contributed by atoms with Gasteiger partial charge in [0, 0.05) is 24.8 Å². The highest BCUT2D eigenvalue weighted by Gasteiger charge is 2.15. The van der Waals surface area contributed by atoms with Gasteiger partial charge in [-0.1, -0.05) is 13.0 Å². The highest BCUT2D eigenvalue weighted by Crippen LogP contribution is 2.16. The van der Waals surface area contributed by atoms with E-state index in [9.17, 15) is 8.42 Å². The fourth-order valence-electron chi connectivity index (χ4n) is 1.76. The monoisotopic (exact) mass is 299 g/mol. The van der Waals surface area contributed by atoms with Gasteiger partial charge in [-0.25, -0.2) is 13.1 Å². The molecule has 5 nitrogen and oxygen atoms in total. The van der Waals surface area contributed by atoms with Crippen LogP contribution in [0.3, 0.4) is 0 Å². The number of likely N-dealkylation sites (N-methyl/N-ethyl adjacent to an activating group) is 1. The Kier molecular flexibility index (Phi) is 5.98. The zero-order valence-corrected chi connectivity index (χ0v) is 13.5. The van der Waals surface area contributed by atoms with E-state index in [-0.39, 0.29) is 4.90 Å². The van der Waals surface area contributed by atoms with Crippen LogP contribution in [0.5, 0.6) is 0 Å². The van der Waals surface area contributed by atoms with Crippen molar-refractivity contribution in [3.8, 4) is 0 Å². The van der Waals surface area contributed by atoms with Crippen LogP contribution in [0.4, 0.5) is 5.69 Å². The van der Waals surface area contributed by atoms with Crippen LogP contribution in [0.25, 0.3) is 0 Å². The van der Waals surface area contributed by atoms with Gasteiger partial charge in [0.25, 0.3) is 0 Å². The van der Waals surface area contributed by atoms with Crippen LogP contribution < -0.4 is 10.5 Å². The summed E-state index contributed by atoms with van der Waals surface area (Å²) >= 11 is 0. The van der Waals surface area contributed by atoms with Gasteiger partial charge in [0.15, 0.2) is 0 Å². The van der Waals surface area contributed by atoms with Gasteiger partial charge in [-0.3, -0.25) is 0 Å². The molecule has 0 aliphatic rings. The van der Waals surface area contributed by atoms with Crippen molar-refractivity contribution in [3.05, 3.63) is 23.8 Å². The zero-order valence-electron chi connectivity index (χ0n) is 12.7. The van der Waals surface area contributed by atoms with Crippen LogP contribution in [-0.2, 0) is 10.0 Å². The maximum Gasteiger partial charge on any atom is 0.240 e. The number of nitrogens with two attached hydrogens (primary N) is 1. The molecule has 0 aromatic heterocycles. The molecule has 0 saturated heterocycles. The molecule has 6 heteroatoms. The van der Waals surface area contributed by atoms with E-state index in [1.54, 1.807) is 12.1 Å². The van der Waals surface area contributed by atoms with E-state index in [0.29, 0.717) is 24.8 Å². The summed E-state index contributed by atoms with van der Waals surface area (Å²) < 4.78 is 26.9. The lowest BCUT2D eigenvalue weighted by Crippen LogP contribution is -2.37. The van der Waals surface area contributed by atoms with Crippen LogP contribution in [0.1, 0.15) is 25.8 Å². The third kappa shape index (κ3) is 4.47. The fourth-order valence-corrected chi connectivity index (χ4v) is 2.81. The molecule has 0 fully saturated rings. The van der Waals surface area contributed by atoms with E-state index in [2.05, 4.69) is 23.5 Å². The highest BCUT2D eigenvalue weighted by atomic mass is 32.2. The molecule has 3 N–H and O–H groups in total. The zero-order chi connectivity index (χ0) is 15.3. The lowest BCUT2D eigenvalue weighted by Gasteiger charge is -2.23. The van der Waals surface area contributed by atoms with Crippen LogP contribution >= 0.6 is 0 Å². The second-order valence-electron chi connectivity index (χ2n) is 5.15. The summed E-state index contributed by atoms with van der Waals surface area (Å²) in [6.07, 6.45) is 1.04. The van der Waals surface area contributed by atoms with Crippen LogP contribution in [0.15, 0.2) is 23.1 Å². The van der Waals surface area contributed by atoms with Gasteiger partial charge >= 0.3 is 0 Å². The Morgan fingerprint density at radius 3 is 2.60 bits per heavy atom. The normalized spacial score (nSPS) is 13.7. The van der Waals surface area contributed by atoms with Gasteiger partial charge < -0.3 is 10.6 Å². The van der Waals surface area contributed by atoms with E-state index in [1.165, 1.54) is 6.07 Å². The minimum Gasteiger partial charge on any atom is -0.398 e. The lowest BCUT2D eigenvalue weighted by molar-refractivity contribution is 0.256. The minimum absolute atomic E-state index is 0.215. The number of aryl methyl sites for hydroxylation is 1.